The minimum atomic E-state index is -0.574. The largest absolute Gasteiger partial charge is 0.508 e. The molecule has 1 heterocycles. The van der Waals surface area contributed by atoms with Gasteiger partial charge in [0.15, 0.2) is 0 Å². The quantitative estimate of drug-likeness (QED) is 0.611. The molecule has 144 valence electrons. The van der Waals surface area contributed by atoms with Gasteiger partial charge in [0.05, 0.1) is 13.0 Å². The van der Waals surface area contributed by atoms with Crippen LogP contribution in [0.5, 0.6) is 5.75 Å². The predicted molar refractivity (Wildman–Crippen MR) is 102 cm³/mol. The normalized spacial score (nSPS) is 11.6. The fraction of sp³-hybridized carbons (Fsp3) is 0.190. The number of carbonyl (C=O) groups is 2. The third-order valence-corrected chi connectivity index (χ3v) is 4.27. The van der Waals surface area contributed by atoms with Crippen molar-refractivity contribution in [1.82, 2.24) is 10.5 Å². The average Bonchev–Trinajstić information content (AvgIpc) is 3.23. The number of methoxy groups -OCH3 is 1. The second kappa shape index (κ2) is 8.85. The molecular weight excluding hydrogens is 360 g/mol. The maximum atomic E-state index is 12.4. The first kappa shape index (κ1) is 19.2. The van der Waals surface area contributed by atoms with Crippen LogP contribution in [0, 0.1) is 5.92 Å². The Morgan fingerprint density at radius 1 is 1.14 bits per heavy atom. The number of carbonyl (C=O) groups excluding carboxylic acids is 2. The van der Waals surface area contributed by atoms with Gasteiger partial charge in [-0.1, -0.05) is 47.6 Å². The van der Waals surface area contributed by atoms with Crippen molar-refractivity contribution in [1.29, 1.82) is 0 Å². The molecule has 0 bridgehead atoms. The number of aromatic nitrogens is 1. The number of hydrogen-bond donors (Lipinski definition) is 2. The topological polar surface area (TPSA) is 102 Å². The van der Waals surface area contributed by atoms with E-state index in [1.165, 1.54) is 7.11 Å². The summed E-state index contributed by atoms with van der Waals surface area (Å²) in [6.45, 7) is 0.0771. The number of ether oxygens (including phenoxy) is 1. The number of rotatable bonds is 7. The second-order valence-electron chi connectivity index (χ2n) is 6.24. The molecule has 0 radical (unpaired) electrons. The lowest BCUT2D eigenvalue weighted by molar-refractivity contribution is -0.145. The molecule has 1 aromatic heterocycles. The molecule has 1 unspecified atom stereocenters. The van der Waals surface area contributed by atoms with Gasteiger partial charge in [-0.25, -0.2) is 0 Å². The molecule has 7 nitrogen and oxygen atoms in total. The van der Waals surface area contributed by atoms with E-state index in [2.05, 4.69) is 10.5 Å². The SMILES string of the molecule is COC(=O)C(CNC(=O)c1cc(-c2ccccc2)no1)Cc1ccc(O)cc1. The van der Waals surface area contributed by atoms with Crippen LogP contribution in [0.15, 0.2) is 65.2 Å². The van der Waals surface area contributed by atoms with E-state index >= 15 is 0 Å². The van der Waals surface area contributed by atoms with Gasteiger partial charge in [-0.2, -0.15) is 0 Å². The Hall–Kier alpha value is -3.61. The van der Waals surface area contributed by atoms with E-state index in [0.717, 1.165) is 11.1 Å². The molecule has 0 spiro atoms. The van der Waals surface area contributed by atoms with Crippen molar-refractivity contribution >= 4 is 11.9 Å². The summed E-state index contributed by atoms with van der Waals surface area (Å²) in [6, 6.07) is 17.4. The summed E-state index contributed by atoms with van der Waals surface area (Å²) in [7, 11) is 1.30. The maximum Gasteiger partial charge on any atom is 0.310 e. The number of hydrogen-bond acceptors (Lipinski definition) is 6. The second-order valence-corrected chi connectivity index (χ2v) is 6.24. The molecule has 3 aromatic rings. The monoisotopic (exact) mass is 380 g/mol. The van der Waals surface area contributed by atoms with Gasteiger partial charge in [-0.15, -0.1) is 0 Å². The van der Waals surface area contributed by atoms with Crippen LogP contribution in [0.3, 0.4) is 0 Å². The number of nitrogens with zero attached hydrogens (tertiary/aromatic N) is 1. The number of phenols is 1. The molecule has 1 atom stereocenters. The minimum absolute atomic E-state index is 0.0621. The standard InChI is InChI=1S/C21H20N2O5/c1-27-21(26)16(11-14-7-9-17(24)10-8-14)13-22-20(25)19-12-18(23-28-19)15-5-3-2-4-6-15/h2-10,12,16,24H,11,13H2,1H3,(H,22,25). The van der Waals surface area contributed by atoms with Gasteiger partial charge in [-0.3, -0.25) is 9.59 Å². The lowest BCUT2D eigenvalue weighted by Gasteiger charge is -2.15. The number of aromatic hydroxyl groups is 1. The molecule has 3 rings (SSSR count). The molecule has 0 saturated carbocycles. The Labute approximate surface area is 161 Å². The Kier molecular flexibility index (Phi) is 6.06. The summed E-state index contributed by atoms with van der Waals surface area (Å²) in [6.07, 6.45) is 0.360. The average molecular weight is 380 g/mol. The number of phenolic OH excluding ortho intramolecular Hbond substituents is 1. The Bertz CT molecular complexity index is 935. The van der Waals surface area contributed by atoms with Crippen molar-refractivity contribution < 1.29 is 24.0 Å². The Morgan fingerprint density at radius 2 is 1.86 bits per heavy atom. The first-order valence-corrected chi connectivity index (χ1v) is 8.73. The van der Waals surface area contributed by atoms with Crippen molar-refractivity contribution in [3.05, 3.63) is 72.0 Å². The zero-order valence-corrected chi connectivity index (χ0v) is 15.3. The Balaban J connectivity index is 1.64. The third kappa shape index (κ3) is 4.76. The Morgan fingerprint density at radius 3 is 2.54 bits per heavy atom. The van der Waals surface area contributed by atoms with Gasteiger partial charge in [-0.05, 0) is 24.1 Å². The summed E-state index contributed by atoms with van der Waals surface area (Å²) in [4.78, 5) is 24.4. The van der Waals surface area contributed by atoms with Gasteiger partial charge >= 0.3 is 5.97 Å². The molecule has 2 N–H and O–H groups in total. The van der Waals surface area contributed by atoms with Gasteiger partial charge in [0, 0.05) is 18.2 Å². The van der Waals surface area contributed by atoms with E-state index in [1.807, 2.05) is 30.3 Å². The smallest absolute Gasteiger partial charge is 0.310 e. The zero-order valence-electron chi connectivity index (χ0n) is 15.3. The van der Waals surface area contributed by atoms with E-state index < -0.39 is 17.8 Å². The van der Waals surface area contributed by atoms with Gasteiger partial charge in [0.2, 0.25) is 5.76 Å². The highest BCUT2D eigenvalue weighted by Gasteiger charge is 2.22. The van der Waals surface area contributed by atoms with Crippen LogP contribution in [-0.4, -0.2) is 35.8 Å². The molecule has 0 saturated heterocycles. The molecule has 2 aromatic carbocycles. The van der Waals surface area contributed by atoms with Crippen molar-refractivity contribution in [2.24, 2.45) is 5.92 Å². The fourth-order valence-electron chi connectivity index (χ4n) is 2.75. The highest BCUT2D eigenvalue weighted by Crippen LogP contribution is 2.19. The van der Waals surface area contributed by atoms with Crippen molar-refractivity contribution in [3.8, 4) is 17.0 Å². The van der Waals surface area contributed by atoms with E-state index in [1.54, 1.807) is 30.3 Å². The van der Waals surface area contributed by atoms with E-state index in [4.69, 9.17) is 9.26 Å². The third-order valence-electron chi connectivity index (χ3n) is 4.27. The molecule has 1 amide bonds. The number of benzene rings is 2. The van der Waals surface area contributed by atoms with E-state index in [0.29, 0.717) is 12.1 Å². The molecule has 7 heteroatoms. The predicted octanol–water partition coefficient (Wildman–Crippen LogP) is 2.81. The van der Waals surface area contributed by atoms with Gasteiger partial charge in [0.25, 0.3) is 5.91 Å². The summed E-state index contributed by atoms with van der Waals surface area (Å²) in [5.41, 5.74) is 2.23. The van der Waals surface area contributed by atoms with Crippen LogP contribution in [0.2, 0.25) is 0 Å². The maximum absolute atomic E-state index is 12.4. The minimum Gasteiger partial charge on any atom is -0.508 e. The first-order valence-electron chi connectivity index (χ1n) is 8.73. The number of nitrogens with one attached hydrogen (secondary N) is 1. The number of amides is 1. The van der Waals surface area contributed by atoms with Crippen molar-refractivity contribution in [2.45, 2.75) is 6.42 Å². The van der Waals surface area contributed by atoms with Crippen LogP contribution >= 0.6 is 0 Å². The summed E-state index contributed by atoms with van der Waals surface area (Å²) in [5, 5.41) is 16.0. The first-order chi connectivity index (χ1) is 13.6. The lowest BCUT2D eigenvalue weighted by atomic mass is 9.99. The molecular formula is C21H20N2O5. The van der Waals surface area contributed by atoms with Crippen molar-refractivity contribution in [2.75, 3.05) is 13.7 Å². The highest BCUT2D eigenvalue weighted by molar-refractivity contribution is 5.92. The van der Waals surface area contributed by atoms with Gasteiger partial charge < -0.3 is 19.7 Å². The van der Waals surface area contributed by atoms with Crippen LogP contribution < -0.4 is 5.32 Å². The molecule has 0 fully saturated rings. The van der Waals surface area contributed by atoms with Crippen LogP contribution in [-0.2, 0) is 16.0 Å². The molecule has 0 aliphatic rings. The molecule has 0 aliphatic carbocycles. The fourth-order valence-corrected chi connectivity index (χ4v) is 2.75. The molecule has 28 heavy (non-hydrogen) atoms. The van der Waals surface area contributed by atoms with Crippen LogP contribution in [0.1, 0.15) is 16.1 Å². The summed E-state index contributed by atoms with van der Waals surface area (Å²) < 4.78 is 9.96. The van der Waals surface area contributed by atoms with Crippen molar-refractivity contribution in [3.63, 3.8) is 0 Å². The summed E-state index contributed by atoms with van der Waals surface area (Å²) in [5.74, 6) is -1.27. The lowest BCUT2D eigenvalue weighted by Crippen LogP contribution is -2.34. The zero-order chi connectivity index (χ0) is 19.9. The van der Waals surface area contributed by atoms with E-state index in [-0.39, 0.29) is 18.1 Å². The van der Waals surface area contributed by atoms with Crippen LogP contribution in [0.4, 0.5) is 0 Å². The van der Waals surface area contributed by atoms with Crippen LogP contribution in [0.25, 0.3) is 11.3 Å². The highest BCUT2D eigenvalue weighted by atomic mass is 16.5. The number of esters is 1. The summed E-state index contributed by atoms with van der Waals surface area (Å²) >= 11 is 0. The molecule has 0 aliphatic heterocycles. The van der Waals surface area contributed by atoms with Gasteiger partial charge in [0.1, 0.15) is 11.4 Å². The van der Waals surface area contributed by atoms with E-state index in [9.17, 15) is 14.7 Å².